The maximum Gasteiger partial charge on any atom is 0.142 e. The number of halogens is 2. The van der Waals surface area contributed by atoms with E-state index in [0.717, 1.165) is 18.7 Å². The lowest BCUT2D eigenvalue weighted by atomic mass is 9.85. The molecule has 19 heavy (non-hydrogen) atoms. The third-order valence-corrected chi connectivity index (χ3v) is 4.02. The van der Waals surface area contributed by atoms with Crippen molar-refractivity contribution in [1.29, 1.82) is 0 Å². The lowest BCUT2D eigenvalue weighted by Crippen LogP contribution is -2.30. The van der Waals surface area contributed by atoms with E-state index >= 15 is 0 Å². The first-order valence-electron chi connectivity index (χ1n) is 6.36. The van der Waals surface area contributed by atoms with Gasteiger partial charge in [0.1, 0.15) is 5.82 Å². The maximum atomic E-state index is 13.7. The van der Waals surface area contributed by atoms with Gasteiger partial charge in [-0.1, -0.05) is 41.9 Å². The Hall–Kier alpha value is -1.38. The Bertz CT molecular complexity index is 611. The van der Waals surface area contributed by atoms with Crippen LogP contribution in [0, 0.1) is 5.82 Å². The normalized spacial score (nSPS) is 19.2. The van der Waals surface area contributed by atoms with Crippen LogP contribution in [0.4, 0.5) is 4.39 Å². The monoisotopic (exact) mass is 275 g/mol. The molecule has 1 heterocycles. The van der Waals surface area contributed by atoms with E-state index in [4.69, 9.17) is 11.6 Å². The highest BCUT2D eigenvalue weighted by Crippen LogP contribution is 2.33. The van der Waals surface area contributed by atoms with Crippen LogP contribution in [0.2, 0.25) is 5.02 Å². The van der Waals surface area contributed by atoms with Crippen molar-refractivity contribution in [3.8, 4) is 0 Å². The molecule has 3 heteroatoms. The van der Waals surface area contributed by atoms with Gasteiger partial charge in [0.15, 0.2) is 0 Å². The second kappa shape index (κ2) is 4.95. The molecule has 98 valence electrons. The molecule has 1 atom stereocenters. The largest absolute Gasteiger partial charge is 0.301 e. The Kier molecular flexibility index (Phi) is 3.29. The molecule has 0 saturated heterocycles. The summed E-state index contributed by atoms with van der Waals surface area (Å²) in [4.78, 5) is 2.26. The lowest BCUT2D eigenvalue weighted by Gasteiger charge is -2.32. The van der Waals surface area contributed by atoms with Crippen LogP contribution in [-0.4, -0.2) is 18.5 Å². The Labute approximate surface area is 117 Å². The van der Waals surface area contributed by atoms with Gasteiger partial charge in [-0.05, 0) is 35.9 Å². The molecular weight excluding hydrogens is 261 g/mol. The van der Waals surface area contributed by atoms with Gasteiger partial charge in [-0.3, -0.25) is 0 Å². The van der Waals surface area contributed by atoms with Crippen LogP contribution >= 0.6 is 11.6 Å². The summed E-state index contributed by atoms with van der Waals surface area (Å²) in [5, 5.41) is 0.182. The highest BCUT2D eigenvalue weighted by atomic mass is 35.5. The van der Waals surface area contributed by atoms with Crippen molar-refractivity contribution in [3.05, 3.63) is 70.0 Å². The predicted molar refractivity (Wildman–Crippen MR) is 76.0 cm³/mol. The highest BCUT2D eigenvalue weighted by molar-refractivity contribution is 6.30. The molecule has 0 unspecified atom stereocenters. The molecule has 0 amide bonds. The smallest absolute Gasteiger partial charge is 0.142 e. The Morgan fingerprint density at radius 1 is 1.21 bits per heavy atom. The number of rotatable bonds is 1. The molecule has 2 aromatic carbocycles. The molecule has 1 nitrogen and oxygen atoms in total. The first-order chi connectivity index (χ1) is 9.15. The van der Waals surface area contributed by atoms with E-state index in [2.05, 4.69) is 30.1 Å². The summed E-state index contributed by atoms with van der Waals surface area (Å²) in [5.41, 5.74) is 3.60. The molecule has 0 aromatic heterocycles. The number of likely N-dealkylation sites (N-methyl/N-ethyl adjacent to an activating group) is 1. The summed E-state index contributed by atoms with van der Waals surface area (Å²) in [6, 6.07) is 13.5. The van der Waals surface area contributed by atoms with Crippen LogP contribution in [0.25, 0.3) is 0 Å². The molecular formula is C16H15ClFN. The predicted octanol–water partition coefficient (Wildman–Crippen LogP) is 4.06. The third kappa shape index (κ3) is 2.38. The van der Waals surface area contributed by atoms with E-state index in [1.165, 1.54) is 11.1 Å². The zero-order valence-electron chi connectivity index (χ0n) is 10.7. The molecule has 0 radical (unpaired) electrons. The zero-order valence-corrected chi connectivity index (χ0v) is 11.5. The van der Waals surface area contributed by atoms with Crippen LogP contribution in [0.15, 0.2) is 42.5 Å². The molecule has 0 spiro atoms. The van der Waals surface area contributed by atoms with Gasteiger partial charge in [0.2, 0.25) is 0 Å². The molecule has 1 aliphatic rings. The van der Waals surface area contributed by atoms with E-state index in [0.29, 0.717) is 0 Å². The van der Waals surface area contributed by atoms with Crippen molar-refractivity contribution in [1.82, 2.24) is 4.90 Å². The average Bonchev–Trinajstić information content (AvgIpc) is 2.41. The fourth-order valence-electron chi connectivity index (χ4n) is 2.80. The van der Waals surface area contributed by atoms with Crippen LogP contribution in [0.5, 0.6) is 0 Å². The average molecular weight is 276 g/mol. The van der Waals surface area contributed by atoms with Gasteiger partial charge in [-0.2, -0.15) is 0 Å². The summed E-state index contributed by atoms with van der Waals surface area (Å²) < 4.78 is 13.7. The molecule has 0 N–H and O–H groups in total. The number of fused-ring (bicyclic) bond motifs is 1. The highest BCUT2D eigenvalue weighted by Gasteiger charge is 2.24. The number of benzene rings is 2. The van der Waals surface area contributed by atoms with Crippen molar-refractivity contribution in [2.45, 2.75) is 12.5 Å². The molecule has 2 aromatic rings. The Balaban J connectivity index is 2.07. The zero-order chi connectivity index (χ0) is 13.4. The topological polar surface area (TPSA) is 3.24 Å². The minimum Gasteiger partial charge on any atom is -0.301 e. The fraction of sp³-hybridized carbons (Fsp3) is 0.250. The molecule has 0 aliphatic carbocycles. The lowest BCUT2D eigenvalue weighted by molar-refractivity contribution is 0.295. The quantitative estimate of drug-likeness (QED) is 0.759. The second-order valence-corrected chi connectivity index (χ2v) is 5.53. The van der Waals surface area contributed by atoms with Crippen molar-refractivity contribution < 1.29 is 4.39 Å². The Morgan fingerprint density at radius 2 is 2.00 bits per heavy atom. The number of hydrogen-bond acceptors (Lipinski definition) is 1. The Morgan fingerprint density at radius 3 is 2.79 bits per heavy atom. The van der Waals surface area contributed by atoms with Crippen LogP contribution in [0.1, 0.15) is 22.6 Å². The third-order valence-electron chi connectivity index (χ3n) is 3.71. The summed E-state index contributed by atoms with van der Waals surface area (Å²) in [7, 11) is 2.09. The van der Waals surface area contributed by atoms with Gasteiger partial charge in [-0.25, -0.2) is 4.39 Å². The van der Waals surface area contributed by atoms with Crippen molar-refractivity contribution in [3.63, 3.8) is 0 Å². The minimum absolute atomic E-state index is 0.182. The van der Waals surface area contributed by atoms with Crippen molar-refractivity contribution in [2.24, 2.45) is 0 Å². The van der Waals surface area contributed by atoms with Gasteiger partial charge in [0, 0.05) is 19.0 Å². The van der Waals surface area contributed by atoms with E-state index in [-0.39, 0.29) is 16.8 Å². The number of nitrogens with zero attached hydrogens (tertiary/aromatic N) is 1. The first kappa shape index (κ1) is 12.6. The molecule has 1 aliphatic heterocycles. The SMILES string of the molecule is CN1Cc2ccccc2[C@@H](c2ccc(Cl)c(F)c2)C1. The van der Waals surface area contributed by atoms with E-state index < -0.39 is 0 Å². The van der Waals surface area contributed by atoms with E-state index in [1.54, 1.807) is 12.1 Å². The van der Waals surface area contributed by atoms with E-state index in [9.17, 15) is 4.39 Å². The van der Waals surface area contributed by atoms with Crippen molar-refractivity contribution >= 4 is 11.6 Å². The van der Waals surface area contributed by atoms with Crippen molar-refractivity contribution in [2.75, 3.05) is 13.6 Å². The fourth-order valence-corrected chi connectivity index (χ4v) is 2.92. The van der Waals surface area contributed by atoms with Crippen LogP contribution < -0.4 is 0 Å². The van der Waals surface area contributed by atoms with Gasteiger partial charge in [0.25, 0.3) is 0 Å². The standard InChI is InChI=1S/C16H15ClFN/c1-19-9-12-4-2-3-5-13(12)14(10-19)11-6-7-15(17)16(18)8-11/h2-8,14H,9-10H2,1H3/t14-/m1/s1. The molecule has 3 rings (SSSR count). The van der Waals surface area contributed by atoms with Crippen LogP contribution in [0.3, 0.4) is 0 Å². The van der Waals surface area contributed by atoms with Gasteiger partial charge in [0.05, 0.1) is 5.02 Å². The number of hydrogen-bond donors (Lipinski definition) is 0. The second-order valence-electron chi connectivity index (χ2n) is 5.12. The van der Waals surface area contributed by atoms with E-state index in [1.807, 2.05) is 12.1 Å². The summed E-state index contributed by atoms with van der Waals surface area (Å²) in [6.07, 6.45) is 0. The molecule has 0 fully saturated rings. The first-order valence-corrected chi connectivity index (χ1v) is 6.74. The summed E-state index contributed by atoms with van der Waals surface area (Å²) in [6.45, 7) is 1.85. The van der Waals surface area contributed by atoms with Gasteiger partial charge >= 0.3 is 0 Å². The maximum absolute atomic E-state index is 13.7. The summed E-state index contributed by atoms with van der Waals surface area (Å²) in [5.74, 6) is -0.133. The van der Waals surface area contributed by atoms with Gasteiger partial charge in [-0.15, -0.1) is 0 Å². The summed E-state index contributed by atoms with van der Waals surface area (Å²) >= 11 is 5.76. The molecule has 0 bridgehead atoms. The van der Waals surface area contributed by atoms with Crippen LogP contribution in [-0.2, 0) is 6.54 Å². The minimum atomic E-state index is -0.343. The molecule has 0 saturated carbocycles. The van der Waals surface area contributed by atoms with Gasteiger partial charge < -0.3 is 4.90 Å².